The van der Waals surface area contributed by atoms with E-state index in [1.807, 2.05) is 24.3 Å². The number of carbonyl (C=O) groups is 1. The molecule has 2 aliphatic heterocycles. The van der Waals surface area contributed by atoms with Gasteiger partial charge in [-0.3, -0.25) is 9.80 Å². The first-order valence-corrected chi connectivity index (χ1v) is 11.4. The first-order chi connectivity index (χ1) is 16.1. The Labute approximate surface area is 200 Å². The molecule has 182 valence electrons. The predicted octanol–water partition coefficient (Wildman–Crippen LogP) is 5.61. The highest BCUT2D eigenvalue weighted by molar-refractivity contribution is 6.33. The van der Waals surface area contributed by atoms with Crippen LogP contribution in [0.25, 0.3) is 0 Å². The van der Waals surface area contributed by atoms with Crippen molar-refractivity contribution in [3.63, 3.8) is 0 Å². The zero-order chi connectivity index (χ0) is 24.5. The molecular formula is C24H25ClF3N3O3. The zero-order valence-electron chi connectivity index (χ0n) is 18.5. The van der Waals surface area contributed by atoms with Gasteiger partial charge in [0.2, 0.25) is 0 Å². The van der Waals surface area contributed by atoms with Gasteiger partial charge in [-0.2, -0.15) is 18.3 Å². The van der Waals surface area contributed by atoms with E-state index in [-0.39, 0.29) is 6.10 Å². The fourth-order valence-corrected chi connectivity index (χ4v) is 4.73. The highest BCUT2D eigenvalue weighted by Crippen LogP contribution is 2.37. The number of carboxylic acids is 1. The minimum absolute atomic E-state index is 0.00556. The molecule has 0 bridgehead atoms. The average molecular weight is 496 g/mol. The Morgan fingerprint density at radius 2 is 1.79 bits per heavy atom. The lowest BCUT2D eigenvalue weighted by molar-refractivity contribution is -0.137. The molecule has 1 saturated heterocycles. The molecule has 0 saturated carbocycles. The fourth-order valence-electron chi connectivity index (χ4n) is 4.47. The molecule has 0 unspecified atom stereocenters. The number of carboxylic acid groups (broad SMARTS) is 1. The van der Waals surface area contributed by atoms with Gasteiger partial charge in [0.15, 0.2) is 0 Å². The van der Waals surface area contributed by atoms with Crippen LogP contribution in [0, 0.1) is 5.92 Å². The molecule has 2 heterocycles. The van der Waals surface area contributed by atoms with Crippen LogP contribution in [0.15, 0.2) is 53.6 Å². The Morgan fingerprint density at radius 1 is 1.15 bits per heavy atom. The summed E-state index contributed by atoms with van der Waals surface area (Å²) < 4.78 is 46.2. The number of rotatable bonds is 6. The van der Waals surface area contributed by atoms with Gasteiger partial charge in [-0.25, -0.2) is 0 Å². The Balaban J connectivity index is 1.41. The van der Waals surface area contributed by atoms with Gasteiger partial charge in [-0.05, 0) is 36.4 Å². The number of piperidine rings is 1. The standard InChI is InChI=1S/C24H25ClF3N3O3/c1-15-21(14-22(32)33)31(29-23(15)24(26,27)28)16-6-8-17(9-7-16)34-18-10-12-30(13-11-18)20-5-3-2-4-19(20)25/h2-9,15,18,21H,10-14H2,1H3,(H,32,33)/t15-,21-/m0/s1. The van der Waals surface area contributed by atoms with E-state index in [4.69, 9.17) is 16.3 Å². The van der Waals surface area contributed by atoms with Crippen LogP contribution in [-0.4, -0.2) is 48.2 Å². The number of para-hydroxylation sites is 1. The molecule has 2 aromatic carbocycles. The second-order valence-electron chi connectivity index (χ2n) is 8.53. The minimum Gasteiger partial charge on any atom is -0.490 e. The SMILES string of the molecule is C[C@@H]1C(C(F)(F)F)=NN(c2ccc(OC3CCN(c4ccccc4Cl)CC3)cc2)[C@H]1CC(=O)O. The van der Waals surface area contributed by atoms with Crippen LogP contribution in [0.3, 0.4) is 0 Å². The molecule has 1 fully saturated rings. The number of hydrogen-bond donors (Lipinski definition) is 1. The van der Waals surface area contributed by atoms with E-state index in [9.17, 15) is 23.1 Å². The van der Waals surface area contributed by atoms with Crippen molar-refractivity contribution in [1.29, 1.82) is 0 Å². The van der Waals surface area contributed by atoms with Gasteiger partial charge in [-0.15, -0.1) is 0 Å². The van der Waals surface area contributed by atoms with E-state index >= 15 is 0 Å². The smallest absolute Gasteiger partial charge is 0.431 e. The van der Waals surface area contributed by atoms with E-state index in [0.717, 1.165) is 36.6 Å². The maximum atomic E-state index is 13.4. The lowest BCUT2D eigenvalue weighted by Crippen LogP contribution is -2.38. The number of alkyl halides is 3. The van der Waals surface area contributed by atoms with Crippen molar-refractivity contribution in [1.82, 2.24) is 0 Å². The number of anilines is 2. The van der Waals surface area contributed by atoms with Gasteiger partial charge in [-0.1, -0.05) is 30.7 Å². The first kappa shape index (κ1) is 24.2. The Morgan fingerprint density at radius 3 is 2.38 bits per heavy atom. The van der Waals surface area contributed by atoms with Crippen LogP contribution in [0.4, 0.5) is 24.5 Å². The molecule has 0 aliphatic carbocycles. The van der Waals surface area contributed by atoms with Crippen molar-refractivity contribution in [2.45, 2.75) is 44.5 Å². The third kappa shape index (κ3) is 5.24. The molecule has 4 rings (SSSR count). The summed E-state index contributed by atoms with van der Waals surface area (Å²) in [7, 11) is 0. The maximum Gasteiger partial charge on any atom is 0.431 e. The summed E-state index contributed by atoms with van der Waals surface area (Å²) in [5, 5.41) is 14.8. The zero-order valence-corrected chi connectivity index (χ0v) is 19.3. The molecule has 0 aromatic heterocycles. The number of aliphatic carboxylic acids is 1. The number of hydrogen-bond acceptors (Lipinski definition) is 5. The molecule has 2 atom stereocenters. The van der Waals surface area contributed by atoms with Crippen molar-refractivity contribution in [3.05, 3.63) is 53.6 Å². The van der Waals surface area contributed by atoms with Crippen molar-refractivity contribution in [2.75, 3.05) is 23.0 Å². The van der Waals surface area contributed by atoms with Crippen molar-refractivity contribution in [2.24, 2.45) is 11.0 Å². The van der Waals surface area contributed by atoms with Crippen LogP contribution in [0.1, 0.15) is 26.2 Å². The summed E-state index contributed by atoms with van der Waals surface area (Å²) in [4.78, 5) is 13.5. The largest absolute Gasteiger partial charge is 0.490 e. The summed E-state index contributed by atoms with van der Waals surface area (Å²) in [6, 6.07) is 13.4. The van der Waals surface area contributed by atoms with E-state index in [1.165, 1.54) is 6.92 Å². The van der Waals surface area contributed by atoms with Gasteiger partial charge in [0.1, 0.15) is 17.6 Å². The lowest BCUT2D eigenvalue weighted by Gasteiger charge is -2.34. The molecule has 34 heavy (non-hydrogen) atoms. The summed E-state index contributed by atoms with van der Waals surface area (Å²) >= 11 is 6.29. The summed E-state index contributed by atoms with van der Waals surface area (Å²) in [5.74, 6) is -1.64. The van der Waals surface area contributed by atoms with Crippen LogP contribution < -0.4 is 14.6 Å². The van der Waals surface area contributed by atoms with E-state index < -0.39 is 36.2 Å². The van der Waals surface area contributed by atoms with Gasteiger partial charge in [0, 0.05) is 31.8 Å². The number of hydrazone groups is 1. The van der Waals surface area contributed by atoms with Gasteiger partial charge >= 0.3 is 12.1 Å². The summed E-state index contributed by atoms with van der Waals surface area (Å²) in [5.41, 5.74) is 0.420. The molecule has 0 radical (unpaired) electrons. The van der Waals surface area contributed by atoms with Gasteiger partial charge in [0.05, 0.1) is 28.9 Å². The van der Waals surface area contributed by atoms with Crippen LogP contribution in [0.2, 0.25) is 5.02 Å². The minimum atomic E-state index is -4.62. The van der Waals surface area contributed by atoms with Crippen molar-refractivity contribution >= 4 is 34.7 Å². The van der Waals surface area contributed by atoms with Crippen molar-refractivity contribution < 1.29 is 27.8 Å². The van der Waals surface area contributed by atoms with Crippen LogP contribution in [0.5, 0.6) is 5.75 Å². The van der Waals surface area contributed by atoms with Crippen LogP contribution in [-0.2, 0) is 4.79 Å². The number of nitrogens with zero attached hydrogens (tertiary/aromatic N) is 3. The molecule has 2 aliphatic rings. The molecule has 6 nitrogen and oxygen atoms in total. The second-order valence-corrected chi connectivity index (χ2v) is 8.94. The summed E-state index contributed by atoms with van der Waals surface area (Å²) in [6.07, 6.45) is -3.46. The first-order valence-electron chi connectivity index (χ1n) is 11.1. The molecule has 0 amide bonds. The third-order valence-corrected chi connectivity index (χ3v) is 6.57. The highest BCUT2D eigenvalue weighted by Gasteiger charge is 2.48. The van der Waals surface area contributed by atoms with Gasteiger partial charge in [0.25, 0.3) is 0 Å². The molecule has 1 N–H and O–H groups in total. The number of halogens is 4. The highest BCUT2D eigenvalue weighted by atomic mass is 35.5. The van der Waals surface area contributed by atoms with E-state index in [2.05, 4.69) is 10.0 Å². The lowest BCUT2D eigenvalue weighted by atomic mass is 9.94. The predicted molar refractivity (Wildman–Crippen MR) is 125 cm³/mol. The molecule has 2 aromatic rings. The fraction of sp³-hybridized carbons (Fsp3) is 0.417. The quantitative estimate of drug-likeness (QED) is 0.564. The Bertz CT molecular complexity index is 1050. The maximum absolute atomic E-state index is 13.4. The van der Waals surface area contributed by atoms with Crippen LogP contribution >= 0.6 is 11.6 Å². The normalized spacial score (nSPS) is 21.5. The van der Waals surface area contributed by atoms with Crippen molar-refractivity contribution in [3.8, 4) is 5.75 Å². The third-order valence-electron chi connectivity index (χ3n) is 6.25. The Kier molecular flexibility index (Phi) is 6.93. The Hall–Kier alpha value is -2.94. The average Bonchev–Trinajstić information content (AvgIpc) is 3.11. The van der Waals surface area contributed by atoms with E-state index in [0.29, 0.717) is 16.5 Å². The number of benzene rings is 2. The monoisotopic (exact) mass is 495 g/mol. The number of ether oxygens (including phenoxy) is 1. The second kappa shape index (κ2) is 9.74. The topological polar surface area (TPSA) is 65.4 Å². The summed E-state index contributed by atoms with van der Waals surface area (Å²) in [6.45, 7) is 2.94. The van der Waals surface area contributed by atoms with E-state index in [1.54, 1.807) is 24.3 Å². The van der Waals surface area contributed by atoms with Gasteiger partial charge < -0.3 is 14.7 Å². The molecular weight excluding hydrogens is 471 g/mol. The molecule has 10 heteroatoms. The molecule has 0 spiro atoms.